The maximum absolute atomic E-state index is 5.30. The number of rotatable bonds is 5. The first-order chi connectivity index (χ1) is 8.17. The molecule has 1 aliphatic rings. The zero-order valence-electron chi connectivity index (χ0n) is 12.2. The van der Waals surface area contributed by atoms with Crippen molar-refractivity contribution in [1.82, 2.24) is 4.90 Å². The number of methoxy groups -OCH3 is 1. The van der Waals surface area contributed by atoms with E-state index < -0.39 is 0 Å². The predicted molar refractivity (Wildman–Crippen MR) is 76.1 cm³/mol. The third kappa shape index (κ3) is 7.22. The van der Waals surface area contributed by atoms with E-state index in [9.17, 15) is 0 Å². The second-order valence-corrected chi connectivity index (χ2v) is 4.58. The highest BCUT2D eigenvalue weighted by Crippen LogP contribution is 2.17. The molecule has 0 fully saturated rings. The van der Waals surface area contributed by atoms with E-state index in [0.29, 0.717) is 0 Å². The van der Waals surface area contributed by atoms with Crippen LogP contribution in [0.2, 0.25) is 0 Å². The predicted octanol–water partition coefficient (Wildman–Crippen LogP) is 3.99. The summed E-state index contributed by atoms with van der Waals surface area (Å²) in [4.78, 5) is 2.09. The Morgan fingerprint density at radius 2 is 1.82 bits per heavy atom. The molecular formula is C15H29NO. The zero-order chi connectivity index (χ0) is 13.1. The molecule has 0 amide bonds. The van der Waals surface area contributed by atoms with Gasteiger partial charge in [0.2, 0.25) is 0 Å². The third-order valence-corrected chi connectivity index (χ3v) is 2.84. The maximum Gasteiger partial charge on any atom is 0.100 e. The molecule has 0 heterocycles. The molecule has 0 bridgehead atoms. The Balaban J connectivity index is 0.000000366. The number of hydrogen-bond donors (Lipinski definition) is 0. The largest absolute Gasteiger partial charge is 0.379 e. The molecule has 0 saturated carbocycles. The zero-order valence-corrected chi connectivity index (χ0v) is 12.2. The molecule has 1 unspecified atom stereocenters. The second-order valence-electron chi connectivity index (χ2n) is 4.58. The molecule has 0 saturated heterocycles. The van der Waals surface area contributed by atoms with Crippen molar-refractivity contribution >= 4 is 0 Å². The molecule has 100 valence electrons. The molecule has 0 aromatic heterocycles. The van der Waals surface area contributed by atoms with Crippen LogP contribution in [0.25, 0.3) is 0 Å². The van der Waals surface area contributed by atoms with Crippen LogP contribution in [0, 0.1) is 0 Å². The summed E-state index contributed by atoms with van der Waals surface area (Å²) in [5, 5.41) is 0. The summed E-state index contributed by atoms with van der Waals surface area (Å²) in [6, 6.07) is 0. The molecule has 2 nitrogen and oxygen atoms in total. The quantitative estimate of drug-likeness (QED) is 0.673. The standard InChI is InChI=1S/C9H15NO.C6H14/c1-10(2)8-6-4-5-7-9(8)11-3;1-3-5-6-4-2/h4-6,9H,7H2,1-3H3;3-6H2,1-2H3. The number of likely N-dealkylation sites (N-methyl/N-ethyl adjacent to an activating group) is 1. The molecule has 1 aliphatic carbocycles. The molecule has 0 radical (unpaired) electrons. The van der Waals surface area contributed by atoms with Gasteiger partial charge in [0.05, 0.1) is 0 Å². The van der Waals surface area contributed by atoms with Gasteiger partial charge in [0, 0.05) is 26.9 Å². The molecule has 1 rings (SSSR count). The summed E-state index contributed by atoms with van der Waals surface area (Å²) >= 11 is 0. The molecular weight excluding hydrogens is 210 g/mol. The van der Waals surface area contributed by atoms with E-state index >= 15 is 0 Å². The van der Waals surface area contributed by atoms with Crippen LogP contribution < -0.4 is 0 Å². The Morgan fingerprint density at radius 1 is 1.24 bits per heavy atom. The summed E-state index contributed by atoms with van der Waals surface area (Å²) in [6.07, 6.45) is 13.1. The molecule has 0 aromatic rings. The Morgan fingerprint density at radius 3 is 2.18 bits per heavy atom. The molecule has 0 aromatic carbocycles. The normalized spacial score (nSPS) is 18.2. The minimum absolute atomic E-state index is 0.245. The molecule has 17 heavy (non-hydrogen) atoms. The van der Waals surface area contributed by atoms with Crippen LogP contribution in [-0.2, 0) is 4.74 Å². The van der Waals surface area contributed by atoms with Gasteiger partial charge < -0.3 is 9.64 Å². The fourth-order valence-electron chi connectivity index (χ4n) is 1.75. The van der Waals surface area contributed by atoms with Crippen LogP contribution in [0.1, 0.15) is 46.0 Å². The van der Waals surface area contributed by atoms with Gasteiger partial charge in [-0.25, -0.2) is 0 Å². The monoisotopic (exact) mass is 239 g/mol. The van der Waals surface area contributed by atoms with Crippen molar-refractivity contribution < 1.29 is 4.74 Å². The first-order valence-electron chi connectivity index (χ1n) is 6.74. The van der Waals surface area contributed by atoms with Crippen molar-refractivity contribution in [2.24, 2.45) is 0 Å². The van der Waals surface area contributed by atoms with Crippen LogP contribution in [0.3, 0.4) is 0 Å². The van der Waals surface area contributed by atoms with E-state index in [4.69, 9.17) is 4.74 Å². The number of allylic oxidation sites excluding steroid dienone is 2. The van der Waals surface area contributed by atoms with E-state index in [-0.39, 0.29) is 6.10 Å². The molecule has 1 atom stereocenters. The summed E-state index contributed by atoms with van der Waals surface area (Å²) in [6.45, 7) is 4.46. The highest BCUT2D eigenvalue weighted by Gasteiger charge is 2.15. The lowest BCUT2D eigenvalue weighted by Crippen LogP contribution is -2.25. The van der Waals surface area contributed by atoms with E-state index in [1.807, 2.05) is 14.1 Å². The Labute approximate surface area is 107 Å². The second kappa shape index (κ2) is 10.4. The Kier molecular flexibility index (Phi) is 9.93. The summed E-state index contributed by atoms with van der Waals surface area (Å²) in [5.74, 6) is 0. The van der Waals surface area contributed by atoms with Gasteiger partial charge in [0.1, 0.15) is 6.10 Å². The van der Waals surface area contributed by atoms with Crippen LogP contribution in [0.4, 0.5) is 0 Å². The van der Waals surface area contributed by atoms with E-state index in [1.165, 1.54) is 31.4 Å². The van der Waals surface area contributed by atoms with Gasteiger partial charge >= 0.3 is 0 Å². The van der Waals surface area contributed by atoms with Gasteiger partial charge in [-0.05, 0) is 12.5 Å². The molecule has 0 aliphatic heterocycles. The van der Waals surface area contributed by atoms with Gasteiger partial charge in [-0.15, -0.1) is 0 Å². The molecule has 2 heteroatoms. The molecule has 0 spiro atoms. The lowest BCUT2D eigenvalue weighted by atomic mass is 10.1. The summed E-state index contributed by atoms with van der Waals surface area (Å²) in [5.41, 5.74) is 1.25. The minimum Gasteiger partial charge on any atom is -0.379 e. The van der Waals surface area contributed by atoms with Gasteiger partial charge in [-0.1, -0.05) is 51.7 Å². The van der Waals surface area contributed by atoms with E-state index in [2.05, 4.69) is 37.0 Å². The SMILES string of the molecule is CCCCCC.COC1CC=CC=C1N(C)C. The van der Waals surface area contributed by atoms with Crippen LogP contribution in [-0.4, -0.2) is 32.2 Å². The number of nitrogens with zero attached hydrogens (tertiary/aromatic N) is 1. The fraction of sp³-hybridized carbons (Fsp3) is 0.733. The lowest BCUT2D eigenvalue weighted by molar-refractivity contribution is 0.112. The molecule has 0 N–H and O–H groups in total. The average Bonchev–Trinajstić information content (AvgIpc) is 2.37. The van der Waals surface area contributed by atoms with Crippen LogP contribution in [0.5, 0.6) is 0 Å². The Hall–Kier alpha value is -0.760. The first kappa shape index (κ1) is 16.2. The van der Waals surface area contributed by atoms with Crippen molar-refractivity contribution in [3.8, 4) is 0 Å². The van der Waals surface area contributed by atoms with Crippen LogP contribution >= 0.6 is 0 Å². The van der Waals surface area contributed by atoms with Crippen molar-refractivity contribution in [1.29, 1.82) is 0 Å². The van der Waals surface area contributed by atoms with Crippen LogP contribution in [0.15, 0.2) is 23.9 Å². The van der Waals surface area contributed by atoms with E-state index in [1.54, 1.807) is 7.11 Å². The fourth-order valence-corrected chi connectivity index (χ4v) is 1.75. The minimum atomic E-state index is 0.245. The highest BCUT2D eigenvalue weighted by atomic mass is 16.5. The Bertz CT molecular complexity index is 227. The van der Waals surface area contributed by atoms with Gasteiger partial charge in [-0.2, -0.15) is 0 Å². The maximum atomic E-state index is 5.30. The summed E-state index contributed by atoms with van der Waals surface area (Å²) in [7, 11) is 5.83. The lowest BCUT2D eigenvalue weighted by Gasteiger charge is -2.26. The summed E-state index contributed by atoms with van der Waals surface area (Å²) < 4.78 is 5.30. The van der Waals surface area contributed by atoms with Gasteiger partial charge in [0.25, 0.3) is 0 Å². The first-order valence-corrected chi connectivity index (χ1v) is 6.74. The van der Waals surface area contributed by atoms with E-state index in [0.717, 1.165) is 6.42 Å². The van der Waals surface area contributed by atoms with Crippen molar-refractivity contribution in [2.45, 2.75) is 52.1 Å². The number of unbranched alkanes of at least 4 members (excludes halogenated alkanes) is 3. The number of ether oxygens (including phenoxy) is 1. The van der Waals surface area contributed by atoms with Crippen molar-refractivity contribution in [2.75, 3.05) is 21.2 Å². The topological polar surface area (TPSA) is 12.5 Å². The van der Waals surface area contributed by atoms with Crippen molar-refractivity contribution in [3.63, 3.8) is 0 Å². The van der Waals surface area contributed by atoms with Gasteiger partial charge in [-0.3, -0.25) is 0 Å². The number of hydrogen-bond acceptors (Lipinski definition) is 2. The van der Waals surface area contributed by atoms with Gasteiger partial charge in [0.15, 0.2) is 0 Å². The van der Waals surface area contributed by atoms with Crippen molar-refractivity contribution in [3.05, 3.63) is 23.9 Å². The smallest absolute Gasteiger partial charge is 0.100 e. The highest BCUT2D eigenvalue weighted by molar-refractivity contribution is 5.20. The third-order valence-electron chi connectivity index (χ3n) is 2.84. The average molecular weight is 239 g/mol.